The van der Waals surface area contributed by atoms with Gasteiger partial charge >= 0.3 is 0 Å². The highest BCUT2D eigenvalue weighted by molar-refractivity contribution is 5.98. The molecule has 3 heterocycles. The van der Waals surface area contributed by atoms with E-state index in [4.69, 9.17) is 9.47 Å². The lowest BCUT2D eigenvalue weighted by Crippen LogP contribution is -2.46. The first kappa shape index (κ1) is 18.4. The highest BCUT2D eigenvalue weighted by atomic mass is 16.5. The third kappa shape index (κ3) is 3.14. The third-order valence-electron chi connectivity index (χ3n) is 6.35. The number of piperidine rings is 1. The Morgan fingerprint density at radius 1 is 1.00 bits per heavy atom. The molecule has 150 valence electrons. The zero-order chi connectivity index (χ0) is 20.1. The molecule has 2 aromatic carbocycles. The molecular weight excluding hydrogens is 364 g/mol. The van der Waals surface area contributed by atoms with E-state index in [2.05, 4.69) is 48.0 Å². The van der Waals surface area contributed by atoms with Gasteiger partial charge in [-0.3, -0.25) is 4.79 Å². The second-order valence-electron chi connectivity index (χ2n) is 8.67. The summed E-state index contributed by atoms with van der Waals surface area (Å²) in [4.78, 5) is 18.7. The van der Waals surface area contributed by atoms with Crippen LogP contribution in [0.2, 0.25) is 0 Å². The zero-order valence-electron chi connectivity index (χ0n) is 16.9. The summed E-state index contributed by atoms with van der Waals surface area (Å²) in [6.45, 7) is 5.80. The van der Waals surface area contributed by atoms with Gasteiger partial charge < -0.3 is 14.4 Å². The van der Waals surface area contributed by atoms with E-state index in [0.717, 1.165) is 31.5 Å². The van der Waals surface area contributed by atoms with Crippen LogP contribution in [0.3, 0.4) is 0 Å². The minimum atomic E-state index is -0.523. The molecule has 0 aliphatic carbocycles. The van der Waals surface area contributed by atoms with Crippen LogP contribution >= 0.6 is 0 Å². The Morgan fingerprint density at radius 2 is 1.66 bits per heavy atom. The zero-order valence-corrected chi connectivity index (χ0v) is 16.9. The molecule has 0 N–H and O–H groups in total. The lowest BCUT2D eigenvalue weighted by molar-refractivity contribution is -0.146. The summed E-state index contributed by atoms with van der Waals surface area (Å²) in [6, 6.07) is 18.9. The number of amides is 1. The van der Waals surface area contributed by atoms with Gasteiger partial charge in [0, 0.05) is 19.5 Å². The first-order valence-corrected chi connectivity index (χ1v) is 10.4. The molecule has 0 radical (unpaired) electrons. The Hall–Kier alpha value is -2.66. The Balaban J connectivity index is 1.27. The van der Waals surface area contributed by atoms with Gasteiger partial charge in [0.1, 0.15) is 0 Å². The second kappa shape index (κ2) is 6.70. The molecule has 0 bridgehead atoms. The van der Waals surface area contributed by atoms with Gasteiger partial charge in [0.25, 0.3) is 11.9 Å². The molecule has 1 spiro atoms. The predicted octanol–water partition coefficient (Wildman–Crippen LogP) is 3.77. The molecule has 5 nitrogen and oxygen atoms in total. The van der Waals surface area contributed by atoms with Gasteiger partial charge in [-0.25, -0.2) is 0 Å². The molecule has 1 atom stereocenters. The highest BCUT2D eigenvalue weighted by Gasteiger charge is 2.50. The van der Waals surface area contributed by atoms with E-state index in [-0.39, 0.29) is 17.1 Å². The third-order valence-corrected chi connectivity index (χ3v) is 6.35. The summed E-state index contributed by atoms with van der Waals surface area (Å²) in [6.07, 6.45) is 1.74. The van der Waals surface area contributed by atoms with E-state index in [1.54, 1.807) is 0 Å². The summed E-state index contributed by atoms with van der Waals surface area (Å²) in [5.74, 6) is -0.187. The van der Waals surface area contributed by atoms with E-state index >= 15 is 0 Å². The molecule has 3 aliphatic heterocycles. The number of aliphatic imine (C=N–C) groups is 1. The molecule has 1 saturated heterocycles. The van der Waals surface area contributed by atoms with Crippen LogP contribution in [0.5, 0.6) is 0 Å². The molecule has 1 unspecified atom stereocenters. The van der Waals surface area contributed by atoms with Gasteiger partial charge in [-0.05, 0) is 43.4 Å². The van der Waals surface area contributed by atoms with Crippen molar-refractivity contribution in [1.29, 1.82) is 0 Å². The fourth-order valence-corrected chi connectivity index (χ4v) is 4.91. The number of ether oxygens (including phenoxy) is 2. The largest absolute Gasteiger partial charge is 0.451 e. The van der Waals surface area contributed by atoms with E-state index in [1.165, 1.54) is 11.1 Å². The molecule has 2 aromatic rings. The van der Waals surface area contributed by atoms with Gasteiger partial charge in [-0.1, -0.05) is 54.6 Å². The van der Waals surface area contributed by atoms with Crippen molar-refractivity contribution in [2.45, 2.75) is 50.4 Å². The second-order valence-corrected chi connectivity index (χ2v) is 8.67. The van der Waals surface area contributed by atoms with Gasteiger partial charge in [0.05, 0.1) is 11.2 Å². The van der Waals surface area contributed by atoms with E-state index < -0.39 is 6.10 Å². The molecule has 5 heteroatoms. The minimum absolute atomic E-state index is 0.187. The van der Waals surface area contributed by atoms with Crippen molar-refractivity contribution in [3.05, 3.63) is 71.3 Å². The SMILES string of the molecule is CC1(C)OC2(CCN(C3=NC(=O)C(Cc4ccccc4)O3)CC2)c2ccccc21. The van der Waals surface area contributed by atoms with Crippen LogP contribution in [0.1, 0.15) is 43.4 Å². The maximum absolute atomic E-state index is 12.4. The quantitative estimate of drug-likeness (QED) is 0.783. The van der Waals surface area contributed by atoms with Crippen molar-refractivity contribution in [2.24, 2.45) is 4.99 Å². The van der Waals surface area contributed by atoms with Crippen molar-refractivity contribution in [2.75, 3.05) is 13.1 Å². The molecular formula is C24H26N2O3. The number of carbonyl (C=O) groups excluding carboxylic acids is 1. The van der Waals surface area contributed by atoms with Crippen molar-refractivity contribution < 1.29 is 14.3 Å². The number of benzene rings is 2. The van der Waals surface area contributed by atoms with Crippen LogP contribution in [-0.2, 0) is 31.9 Å². The number of rotatable bonds is 2. The molecule has 5 rings (SSSR count). The minimum Gasteiger partial charge on any atom is -0.451 e. The molecule has 29 heavy (non-hydrogen) atoms. The topological polar surface area (TPSA) is 51.1 Å². The molecule has 0 aromatic heterocycles. The van der Waals surface area contributed by atoms with Gasteiger partial charge in [0.2, 0.25) is 0 Å². The number of hydrogen-bond donors (Lipinski definition) is 0. The summed E-state index contributed by atoms with van der Waals surface area (Å²) < 4.78 is 12.6. The molecule has 1 amide bonds. The van der Waals surface area contributed by atoms with Crippen molar-refractivity contribution >= 4 is 11.9 Å². The number of likely N-dealkylation sites (tertiary alicyclic amines) is 1. The smallest absolute Gasteiger partial charge is 0.296 e. The number of carbonyl (C=O) groups is 1. The number of hydrogen-bond acceptors (Lipinski definition) is 4. The molecule has 1 fully saturated rings. The predicted molar refractivity (Wildman–Crippen MR) is 110 cm³/mol. The lowest BCUT2D eigenvalue weighted by Gasteiger charge is -2.40. The summed E-state index contributed by atoms with van der Waals surface area (Å²) >= 11 is 0. The van der Waals surface area contributed by atoms with Crippen molar-refractivity contribution in [1.82, 2.24) is 4.90 Å². The van der Waals surface area contributed by atoms with Crippen LogP contribution in [0, 0.1) is 0 Å². The average molecular weight is 390 g/mol. The summed E-state index contributed by atoms with van der Waals surface area (Å²) in [5.41, 5.74) is 3.12. The van der Waals surface area contributed by atoms with Gasteiger partial charge in [-0.15, -0.1) is 0 Å². The number of fused-ring (bicyclic) bond motifs is 2. The van der Waals surface area contributed by atoms with Crippen molar-refractivity contribution in [3.63, 3.8) is 0 Å². The summed E-state index contributed by atoms with van der Waals surface area (Å²) in [7, 11) is 0. The van der Waals surface area contributed by atoms with Crippen LogP contribution in [0.4, 0.5) is 0 Å². The van der Waals surface area contributed by atoms with Crippen LogP contribution in [-0.4, -0.2) is 36.0 Å². The van der Waals surface area contributed by atoms with Crippen molar-refractivity contribution in [3.8, 4) is 0 Å². The van der Waals surface area contributed by atoms with Gasteiger partial charge in [-0.2, -0.15) is 4.99 Å². The van der Waals surface area contributed by atoms with Crippen LogP contribution in [0.25, 0.3) is 0 Å². The molecule has 3 aliphatic rings. The van der Waals surface area contributed by atoms with E-state index in [0.29, 0.717) is 12.4 Å². The number of amidine groups is 1. The Bertz CT molecular complexity index is 959. The summed E-state index contributed by atoms with van der Waals surface area (Å²) in [5, 5.41) is 0. The Morgan fingerprint density at radius 3 is 2.38 bits per heavy atom. The fourth-order valence-electron chi connectivity index (χ4n) is 4.91. The fraction of sp³-hybridized carbons (Fsp3) is 0.417. The average Bonchev–Trinajstić information content (AvgIpc) is 3.19. The maximum atomic E-state index is 12.4. The first-order valence-electron chi connectivity index (χ1n) is 10.4. The Kier molecular flexibility index (Phi) is 4.24. The van der Waals surface area contributed by atoms with Crippen LogP contribution in [0.15, 0.2) is 59.6 Å². The lowest BCUT2D eigenvalue weighted by atomic mass is 9.82. The number of nitrogens with zero attached hydrogens (tertiary/aromatic N) is 2. The Labute approximate surface area is 171 Å². The van der Waals surface area contributed by atoms with E-state index in [9.17, 15) is 4.79 Å². The van der Waals surface area contributed by atoms with Gasteiger partial charge in [0.15, 0.2) is 6.10 Å². The monoisotopic (exact) mass is 390 g/mol. The standard InChI is InChI=1S/C24H26N2O3/c1-23(2)18-10-6-7-11-19(18)24(29-23)12-14-26(15-13-24)22-25-21(27)20(28-22)16-17-8-4-3-5-9-17/h3-11,20H,12-16H2,1-2H3. The van der Waals surface area contributed by atoms with Crippen LogP contribution < -0.4 is 0 Å². The van der Waals surface area contributed by atoms with E-state index in [1.807, 2.05) is 30.3 Å². The first-order chi connectivity index (χ1) is 14.0. The normalized spacial score (nSPS) is 24.3. The highest BCUT2D eigenvalue weighted by Crippen LogP contribution is 2.51. The molecule has 0 saturated carbocycles. The maximum Gasteiger partial charge on any atom is 0.296 e.